The standard InChI is InChI=1S/C15H21NO3/c1-9(2)16-15(18)12(5)19-14-10(3)6-13(8-17)7-11(14)4/h6-9,12H,1-5H3,(H,16,18). The van der Waals surface area contributed by atoms with E-state index in [0.717, 1.165) is 17.4 Å². The molecule has 1 N–H and O–H groups in total. The van der Waals surface area contributed by atoms with E-state index in [0.29, 0.717) is 11.3 Å². The highest BCUT2D eigenvalue weighted by molar-refractivity contribution is 5.81. The third kappa shape index (κ3) is 4.09. The van der Waals surface area contributed by atoms with Gasteiger partial charge in [0.2, 0.25) is 0 Å². The quantitative estimate of drug-likeness (QED) is 0.830. The molecule has 0 aliphatic carbocycles. The Bertz CT molecular complexity index is 457. The van der Waals surface area contributed by atoms with Gasteiger partial charge in [-0.15, -0.1) is 0 Å². The van der Waals surface area contributed by atoms with E-state index in [4.69, 9.17) is 4.74 Å². The van der Waals surface area contributed by atoms with Crippen LogP contribution in [0.4, 0.5) is 0 Å². The smallest absolute Gasteiger partial charge is 0.260 e. The Balaban J connectivity index is 2.88. The van der Waals surface area contributed by atoms with Crippen LogP contribution in [-0.2, 0) is 4.79 Å². The maximum absolute atomic E-state index is 11.8. The predicted octanol–water partition coefficient (Wildman–Crippen LogP) is 2.41. The van der Waals surface area contributed by atoms with Crippen LogP contribution in [0.1, 0.15) is 42.3 Å². The fourth-order valence-corrected chi connectivity index (χ4v) is 1.87. The lowest BCUT2D eigenvalue weighted by Crippen LogP contribution is -2.40. The second kappa shape index (κ2) is 6.36. The first-order valence-electron chi connectivity index (χ1n) is 6.38. The van der Waals surface area contributed by atoms with Gasteiger partial charge in [-0.3, -0.25) is 9.59 Å². The third-order valence-corrected chi connectivity index (χ3v) is 2.71. The molecule has 1 aromatic carbocycles. The van der Waals surface area contributed by atoms with Crippen LogP contribution < -0.4 is 10.1 Å². The van der Waals surface area contributed by atoms with Gasteiger partial charge in [-0.05, 0) is 57.9 Å². The Morgan fingerprint density at radius 1 is 1.21 bits per heavy atom. The molecule has 0 radical (unpaired) electrons. The molecule has 1 rings (SSSR count). The number of benzene rings is 1. The molecule has 0 saturated heterocycles. The molecule has 0 spiro atoms. The lowest BCUT2D eigenvalue weighted by Gasteiger charge is -2.19. The lowest BCUT2D eigenvalue weighted by molar-refractivity contribution is -0.127. The largest absolute Gasteiger partial charge is 0.480 e. The molecule has 104 valence electrons. The van der Waals surface area contributed by atoms with Crippen molar-refractivity contribution in [1.82, 2.24) is 5.32 Å². The van der Waals surface area contributed by atoms with E-state index >= 15 is 0 Å². The highest BCUT2D eigenvalue weighted by atomic mass is 16.5. The first kappa shape index (κ1) is 15.2. The number of rotatable bonds is 5. The summed E-state index contributed by atoms with van der Waals surface area (Å²) in [4.78, 5) is 22.6. The summed E-state index contributed by atoms with van der Waals surface area (Å²) in [6.07, 6.45) is 0.237. The zero-order chi connectivity index (χ0) is 14.6. The Kier molecular flexibility index (Phi) is 5.10. The van der Waals surface area contributed by atoms with Crippen LogP contribution in [0, 0.1) is 13.8 Å². The van der Waals surface area contributed by atoms with Gasteiger partial charge >= 0.3 is 0 Å². The second-order valence-electron chi connectivity index (χ2n) is 5.03. The maximum atomic E-state index is 11.8. The van der Waals surface area contributed by atoms with Gasteiger partial charge in [0.15, 0.2) is 6.10 Å². The van der Waals surface area contributed by atoms with Crippen molar-refractivity contribution in [2.45, 2.75) is 46.8 Å². The number of amides is 1. The molecular weight excluding hydrogens is 242 g/mol. The van der Waals surface area contributed by atoms with E-state index in [9.17, 15) is 9.59 Å². The van der Waals surface area contributed by atoms with E-state index in [1.165, 1.54) is 0 Å². The number of ether oxygens (including phenoxy) is 1. The van der Waals surface area contributed by atoms with Gasteiger partial charge in [-0.25, -0.2) is 0 Å². The van der Waals surface area contributed by atoms with Gasteiger partial charge in [-0.2, -0.15) is 0 Å². The molecule has 0 saturated carbocycles. The Hall–Kier alpha value is -1.84. The molecule has 0 fully saturated rings. The minimum absolute atomic E-state index is 0.0817. The van der Waals surface area contributed by atoms with Crippen LogP contribution in [0.25, 0.3) is 0 Å². The van der Waals surface area contributed by atoms with Crippen LogP contribution in [0.3, 0.4) is 0 Å². The number of carbonyl (C=O) groups excluding carboxylic acids is 2. The van der Waals surface area contributed by atoms with Gasteiger partial charge in [0.1, 0.15) is 12.0 Å². The molecular formula is C15H21NO3. The van der Waals surface area contributed by atoms with Crippen LogP contribution in [0.15, 0.2) is 12.1 Å². The average Bonchev–Trinajstić information content (AvgIpc) is 2.32. The summed E-state index contributed by atoms with van der Waals surface area (Å²) in [5.74, 6) is 0.519. The topological polar surface area (TPSA) is 55.4 Å². The first-order chi connectivity index (χ1) is 8.85. The molecule has 1 aromatic rings. The average molecular weight is 263 g/mol. The van der Waals surface area contributed by atoms with Gasteiger partial charge in [0, 0.05) is 11.6 Å². The van der Waals surface area contributed by atoms with E-state index in [1.807, 2.05) is 27.7 Å². The van der Waals surface area contributed by atoms with Crippen LogP contribution in [-0.4, -0.2) is 24.3 Å². The fourth-order valence-electron chi connectivity index (χ4n) is 1.87. The number of nitrogens with one attached hydrogen (secondary N) is 1. The summed E-state index contributed by atoms with van der Waals surface area (Å²) >= 11 is 0. The molecule has 1 unspecified atom stereocenters. The molecule has 1 atom stereocenters. The molecule has 0 aromatic heterocycles. The van der Waals surface area contributed by atoms with Crippen molar-refractivity contribution in [1.29, 1.82) is 0 Å². The highest BCUT2D eigenvalue weighted by Gasteiger charge is 2.17. The molecule has 0 aliphatic rings. The highest BCUT2D eigenvalue weighted by Crippen LogP contribution is 2.25. The second-order valence-corrected chi connectivity index (χ2v) is 5.03. The van der Waals surface area contributed by atoms with E-state index in [-0.39, 0.29) is 11.9 Å². The van der Waals surface area contributed by atoms with Crippen molar-refractivity contribution in [3.63, 3.8) is 0 Å². The van der Waals surface area contributed by atoms with Crippen LogP contribution in [0.2, 0.25) is 0 Å². The van der Waals surface area contributed by atoms with Crippen molar-refractivity contribution < 1.29 is 14.3 Å². The minimum atomic E-state index is -0.568. The summed E-state index contributed by atoms with van der Waals surface area (Å²) in [7, 11) is 0. The summed E-state index contributed by atoms with van der Waals surface area (Å²) in [5.41, 5.74) is 2.32. The van der Waals surface area contributed by atoms with Crippen molar-refractivity contribution in [2.24, 2.45) is 0 Å². The van der Waals surface area contributed by atoms with E-state index < -0.39 is 6.10 Å². The molecule has 0 heterocycles. The normalized spacial score (nSPS) is 12.1. The van der Waals surface area contributed by atoms with Gasteiger partial charge in [-0.1, -0.05) is 0 Å². The number of hydrogen-bond donors (Lipinski definition) is 1. The number of aryl methyl sites for hydroxylation is 2. The molecule has 1 amide bonds. The number of aldehydes is 1. The van der Waals surface area contributed by atoms with Crippen molar-refractivity contribution in [2.75, 3.05) is 0 Å². The summed E-state index contributed by atoms with van der Waals surface area (Å²) < 4.78 is 5.71. The molecule has 19 heavy (non-hydrogen) atoms. The monoisotopic (exact) mass is 263 g/mol. The minimum Gasteiger partial charge on any atom is -0.480 e. The summed E-state index contributed by atoms with van der Waals surface area (Å²) in [5, 5.41) is 2.80. The molecule has 0 bridgehead atoms. The number of hydrogen-bond acceptors (Lipinski definition) is 3. The number of carbonyl (C=O) groups is 2. The van der Waals surface area contributed by atoms with Crippen molar-refractivity contribution >= 4 is 12.2 Å². The summed E-state index contributed by atoms with van der Waals surface area (Å²) in [6.45, 7) is 9.25. The molecule has 4 heteroatoms. The van der Waals surface area contributed by atoms with E-state index in [2.05, 4.69) is 5.32 Å². The van der Waals surface area contributed by atoms with Crippen LogP contribution >= 0.6 is 0 Å². The Morgan fingerprint density at radius 3 is 2.16 bits per heavy atom. The maximum Gasteiger partial charge on any atom is 0.260 e. The Labute approximate surface area is 114 Å². The van der Waals surface area contributed by atoms with Crippen molar-refractivity contribution in [3.05, 3.63) is 28.8 Å². The SMILES string of the molecule is Cc1cc(C=O)cc(C)c1OC(C)C(=O)NC(C)C. The zero-order valence-corrected chi connectivity index (χ0v) is 12.1. The third-order valence-electron chi connectivity index (χ3n) is 2.71. The lowest BCUT2D eigenvalue weighted by atomic mass is 10.1. The molecule has 0 aliphatic heterocycles. The first-order valence-corrected chi connectivity index (χ1v) is 6.38. The van der Waals surface area contributed by atoms with E-state index in [1.54, 1.807) is 19.1 Å². The van der Waals surface area contributed by atoms with Gasteiger partial charge in [0.05, 0.1) is 0 Å². The fraction of sp³-hybridized carbons (Fsp3) is 0.467. The summed E-state index contributed by atoms with van der Waals surface area (Å²) in [6, 6.07) is 3.59. The van der Waals surface area contributed by atoms with Crippen molar-refractivity contribution in [3.8, 4) is 5.75 Å². The Morgan fingerprint density at radius 2 is 1.74 bits per heavy atom. The van der Waals surface area contributed by atoms with Crippen LogP contribution in [0.5, 0.6) is 5.75 Å². The zero-order valence-electron chi connectivity index (χ0n) is 12.1. The van der Waals surface area contributed by atoms with Gasteiger partial charge < -0.3 is 10.1 Å². The predicted molar refractivity (Wildman–Crippen MR) is 74.7 cm³/mol. The van der Waals surface area contributed by atoms with Gasteiger partial charge in [0.25, 0.3) is 5.91 Å². The molecule has 4 nitrogen and oxygen atoms in total.